The number of piperazine rings is 1. The number of nitrogens with zero attached hydrogens (tertiary/aromatic N) is 3. The fraction of sp³-hybridized carbons (Fsp3) is 0.211. The van der Waals surface area contributed by atoms with E-state index in [9.17, 15) is 9.18 Å². The maximum Gasteiger partial charge on any atom is 0.257 e. The molecule has 1 aromatic heterocycles. The zero-order valence-electron chi connectivity index (χ0n) is 14.4. The van der Waals surface area contributed by atoms with E-state index in [1.54, 1.807) is 11.3 Å². The Hall–Kier alpha value is -2.58. The zero-order valence-corrected chi connectivity index (χ0v) is 16.0. The van der Waals surface area contributed by atoms with Crippen molar-refractivity contribution >= 4 is 49.9 Å². The first kappa shape index (κ1) is 17.8. The second kappa shape index (κ2) is 7.58. The van der Waals surface area contributed by atoms with Gasteiger partial charge in [-0.2, -0.15) is 0 Å². The predicted molar refractivity (Wildman–Crippen MR) is 110 cm³/mol. The summed E-state index contributed by atoms with van der Waals surface area (Å²) in [6.07, 6.45) is 0. The maximum atomic E-state index is 13.0. The number of thiazole rings is 1. The molecule has 27 heavy (non-hydrogen) atoms. The predicted octanol–water partition coefficient (Wildman–Crippen LogP) is 3.27. The first-order valence-electron chi connectivity index (χ1n) is 8.56. The van der Waals surface area contributed by atoms with Gasteiger partial charge in [0.1, 0.15) is 5.82 Å². The number of hydrogen-bond acceptors (Lipinski definition) is 5. The highest BCUT2D eigenvalue weighted by atomic mass is 32.1. The van der Waals surface area contributed by atoms with E-state index >= 15 is 0 Å². The molecule has 1 fully saturated rings. The lowest BCUT2D eigenvalue weighted by atomic mass is 10.2. The van der Waals surface area contributed by atoms with Gasteiger partial charge in [-0.05, 0) is 48.6 Å². The van der Waals surface area contributed by atoms with E-state index < -0.39 is 0 Å². The number of amides is 1. The molecule has 1 N–H and O–H groups in total. The van der Waals surface area contributed by atoms with Crippen molar-refractivity contribution in [1.29, 1.82) is 0 Å². The van der Waals surface area contributed by atoms with Crippen molar-refractivity contribution in [3.63, 3.8) is 0 Å². The molecule has 3 aromatic rings. The number of carbonyl (C=O) groups is 1. The molecule has 5 nitrogen and oxygen atoms in total. The minimum atomic E-state index is -0.375. The van der Waals surface area contributed by atoms with E-state index in [0.29, 0.717) is 23.8 Å². The molecule has 2 heterocycles. The summed E-state index contributed by atoms with van der Waals surface area (Å²) in [7, 11) is 0. The van der Waals surface area contributed by atoms with Crippen molar-refractivity contribution < 1.29 is 9.18 Å². The van der Waals surface area contributed by atoms with Crippen molar-refractivity contribution in [2.45, 2.75) is 0 Å². The van der Waals surface area contributed by atoms with E-state index in [4.69, 9.17) is 17.2 Å². The van der Waals surface area contributed by atoms with E-state index in [1.165, 1.54) is 29.0 Å². The Morgan fingerprint density at radius 3 is 2.48 bits per heavy atom. The topological polar surface area (TPSA) is 48.5 Å². The summed E-state index contributed by atoms with van der Waals surface area (Å²) >= 11 is 7.06. The molecule has 1 saturated heterocycles. The minimum Gasteiger partial charge on any atom is -0.345 e. The van der Waals surface area contributed by atoms with Crippen LogP contribution in [0.4, 0.5) is 9.52 Å². The summed E-state index contributed by atoms with van der Waals surface area (Å²) in [5.41, 5.74) is 1.40. The van der Waals surface area contributed by atoms with Crippen molar-refractivity contribution in [3.8, 4) is 0 Å². The summed E-state index contributed by atoms with van der Waals surface area (Å²) in [6.45, 7) is 2.98. The molecule has 1 aliphatic heterocycles. The normalized spacial score (nSPS) is 14.4. The molecule has 0 radical (unpaired) electrons. The fourth-order valence-corrected chi connectivity index (χ4v) is 4.24. The Balaban J connectivity index is 1.35. The molecule has 0 atom stereocenters. The van der Waals surface area contributed by atoms with Crippen LogP contribution in [0.25, 0.3) is 10.2 Å². The molecule has 2 aromatic carbocycles. The van der Waals surface area contributed by atoms with Gasteiger partial charge in [-0.1, -0.05) is 23.5 Å². The highest BCUT2D eigenvalue weighted by Gasteiger charge is 2.22. The maximum absolute atomic E-state index is 13.0. The number of halogens is 1. The number of fused-ring (bicyclic) bond motifs is 1. The van der Waals surface area contributed by atoms with Gasteiger partial charge in [0.2, 0.25) is 0 Å². The third-order valence-corrected chi connectivity index (χ3v) is 5.90. The molecule has 4 rings (SSSR count). The average molecular weight is 401 g/mol. The van der Waals surface area contributed by atoms with E-state index in [-0.39, 0.29) is 11.7 Å². The SMILES string of the molecule is O=C(NC(=S)N1CCN(c2nc3ccccc3s2)CC1)c1ccc(F)cc1. The van der Waals surface area contributed by atoms with Crippen LogP contribution < -0.4 is 10.2 Å². The molecule has 138 valence electrons. The number of aromatic nitrogens is 1. The first-order valence-corrected chi connectivity index (χ1v) is 9.79. The lowest BCUT2D eigenvalue weighted by Gasteiger charge is -2.35. The number of anilines is 1. The van der Waals surface area contributed by atoms with Gasteiger partial charge in [-0.15, -0.1) is 0 Å². The monoisotopic (exact) mass is 400 g/mol. The fourth-order valence-electron chi connectivity index (χ4n) is 2.95. The number of carbonyl (C=O) groups excluding carboxylic acids is 1. The molecule has 0 spiro atoms. The van der Waals surface area contributed by atoms with Crippen LogP contribution in [0.2, 0.25) is 0 Å². The second-order valence-electron chi connectivity index (χ2n) is 6.20. The van der Waals surface area contributed by atoms with Gasteiger partial charge in [0.05, 0.1) is 10.2 Å². The number of rotatable bonds is 2. The molecule has 0 saturated carbocycles. The van der Waals surface area contributed by atoms with Gasteiger partial charge in [-0.3, -0.25) is 10.1 Å². The summed E-state index contributed by atoms with van der Waals surface area (Å²) in [4.78, 5) is 21.1. The number of para-hydroxylation sites is 1. The summed E-state index contributed by atoms with van der Waals surface area (Å²) in [6, 6.07) is 13.5. The molecule has 1 aliphatic rings. The van der Waals surface area contributed by atoms with Crippen molar-refractivity contribution in [3.05, 3.63) is 59.9 Å². The zero-order chi connectivity index (χ0) is 18.8. The van der Waals surface area contributed by atoms with E-state index in [0.717, 1.165) is 23.7 Å². The minimum absolute atomic E-state index is 0.325. The van der Waals surface area contributed by atoms with Gasteiger partial charge < -0.3 is 9.80 Å². The van der Waals surface area contributed by atoms with Crippen molar-refractivity contribution in [2.75, 3.05) is 31.1 Å². The molecule has 1 amide bonds. The van der Waals surface area contributed by atoms with Crippen LogP contribution in [0.1, 0.15) is 10.4 Å². The third-order valence-electron chi connectivity index (χ3n) is 4.45. The molecular formula is C19H17FN4OS2. The van der Waals surface area contributed by atoms with Crippen LogP contribution >= 0.6 is 23.6 Å². The van der Waals surface area contributed by atoms with Crippen LogP contribution in [0, 0.1) is 5.82 Å². The summed E-state index contributed by atoms with van der Waals surface area (Å²) in [5.74, 6) is -0.700. The molecular weight excluding hydrogens is 383 g/mol. The van der Waals surface area contributed by atoms with Crippen molar-refractivity contribution in [1.82, 2.24) is 15.2 Å². The van der Waals surface area contributed by atoms with Gasteiger partial charge >= 0.3 is 0 Å². The Morgan fingerprint density at radius 2 is 1.78 bits per heavy atom. The third kappa shape index (κ3) is 3.91. The lowest BCUT2D eigenvalue weighted by Crippen LogP contribution is -2.52. The standard InChI is InChI=1S/C19H17FN4OS2/c20-14-7-5-13(6-8-14)17(25)22-18(26)23-9-11-24(12-10-23)19-21-15-3-1-2-4-16(15)27-19/h1-8H,9-12H2,(H,22,25,26). The van der Waals surface area contributed by atoms with Gasteiger partial charge in [0.15, 0.2) is 10.2 Å². The number of nitrogens with one attached hydrogen (secondary N) is 1. The number of hydrogen-bond donors (Lipinski definition) is 1. The largest absolute Gasteiger partial charge is 0.345 e. The molecule has 0 aliphatic carbocycles. The lowest BCUT2D eigenvalue weighted by molar-refractivity contribution is 0.0973. The Morgan fingerprint density at radius 1 is 1.07 bits per heavy atom. The quantitative estimate of drug-likeness (QED) is 0.669. The van der Waals surface area contributed by atoms with Crippen LogP contribution in [-0.2, 0) is 0 Å². The Bertz CT molecular complexity index is 948. The van der Waals surface area contributed by atoms with Crippen LogP contribution in [0.5, 0.6) is 0 Å². The molecule has 8 heteroatoms. The Kier molecular flexibility index (Phi) is 5.00. The smallest absolute Gasteiger partial charge is 0.257 e. The molecule has 0 bridgehead atoms. The van der Waals surface area contributed by atoms with E-state index in [2.05, 4.69) is 16.3 Å². The van der Waals surface area contributed by atoms with Gasteiger partial charge in [0.25, 0.3) is 5.91 Å². The highest BCUT2D eigenvalue weighted by molar-refractivity contribution is 7.80. The number of benzene rings is 2. The number of thiocarbonyl (C=S) groups is 1. The van der Waals surface area contributed by atoms with Crippen LogP contribution in [0.15, 0.2) is 48.5 Å². The van der Waals surface area contributed by atoms with Crippen LogP contribution in [-0.4, -0.2) is 47.1 Å². The van der Waals surface area contributed by atoms with E-state index in [1.807, 2.05) is 23.1 Å². The molecule has 0 unspecified atom stereocenters. The Labute approximate surface area is 165 Å². The summed E-state index contributed by atoms with van der Waals surface area (Å²) in [5, 5.41) is 4.13. The highest BCUT2D eigenvalue weighted by Crippen LogP contribution is 2.29. The first-order chi connectivity index (χ1) is 13.1. The van der Waals surface area contributed by atoms with Gasteiger partial charge in [0, 0.05) is 31.7 Å². The van der Waals surface area contributed by atoms with Crippen molar-refractivity contribution in [2.24, 2.45) is 0 Å². The summed E-state index contributed by atoms with van der Waals surface area (Å²) < 4.78 is 14.2. The van der Waals surface area contributed by atoms with Crippen LogP contribution in [0.3, 0.4) is 0 Å². The van der Waals surface area contributed by atoms with Gasteiger partial charge in [-0.25, -0.2) is 9.37 Å². The second-order valence-corrected chi connectivity index (χ2v) is 7.60. The average Bonchev–Trinajstić information content (AvgIpc) is 3.13.